The maximum Gasteiger partial charge on any atom is 0.325 e. The number of carbonyl (C=O) groups is 3. The lowest BCUT2D eigenvalue weighted by Gasteiger charge is -2.33. The number of benzene rings is 2. The molecule has 2 aliphatic rings. The number of hydrogen-bond donors (Lipinski definition) is 2. The Hall–Kier alpha value is -3.22. The second-order valence-electron chi connectivity index (χ2n) is 6.79. The van der Waals surface area contributed by atoms with Gasteiger partial charge < -0.3 is 10.6 Å². The van der Waals surface area contributed by atoms with Gasteiger partial charge in [0, 0.05) is 5.69 Å². The fourth-order valence-electron chi connectivity index (χ4n) is 3.83. The number of nitrogens with zero attached hydrogens (tertiary/aromatic N) is 1. The average molecular weight is 367 g/mol. The van der Waals surface area contributed by atoms with E-state index in [1.807, 2.05) is 24.3 Å². The first-order valence-electron chi connectivity index (χ1n) is 8.77. The highest BCUT2D eigenvalue weighted by Gasteiger charge is 2.54. The summed E-state index contributed by atoms with van der Waals surface area (Å²) in [6.45, 7) is -0.397. The maximum atomic E-state index is 13.1. The Balaban J connectivity index is 1.54. The number of halogens is 1. The number of imide groups is 1. The van der Waals surface area contributed by atoms with Crippen LogP contribution in [0.15, 0.2) is 48.5 Å². The van der Waals surface area contributed by atoms with Crippen LogP contribution in [-0.4, -0.2) is 29.3 Å². The number of fused-ring (bicyclic) bond motifs is 2. The van der Waals surface area contributed by atoms with E-state index in [9.17, 15) is 18.8 Å². The highest BCUT2D eigenvalue weighted by Crippen LogP contribution is 2.39. The number of amides is 4. The summed E-state index contributed by atoms with van der Waals surface area (Å²) in [7, 11) is 0. The van der Waals surface area contributed by atoms with Gasteiger partial charge in [-0.05, 0) is 54.7 Å². The first-order valence-corrected chi connectivity index (χ1v) is 8.77. The van der Waals surface area contributed by atoms with Crippen LogP contribution in [-0.2, 0) is 21.5 Å². The predicted molar refractivity (Wildman–Crippen MR) is 96.3 cm³/mol. The minimum Gasteiger partial charge on any atom is -0.325 e. The molecule has 1 aliphatic heterocycles. The molecule has 4 rings (SSSR count). The Bertz CT molecular complexity index is 928. The van der Waals surface area contributed by atoms with Crippen molar-refractivity contribution in [2.45, 2.75) is 24.8 Å². The van der Waals surface area contributed by atoms with Gasteiger partial charge in [-0.15, -0.1) is 0 Å². The summed E-state index contributed by atoms with van der Waals surface area (Å²) in [6.07, 6.45) is 2.13. The molecule has 0 unspecified atom stereocenters. The smallest absolute Gasteiger partial charge is 0.325 e. The summed E-state index contributed by atoms with van der Waals surface area (Å²) < 4.78 is 13.0. The predicted octanol–water partition coefficient (Wildman–Crippen LogP) is 2.55. The lowest BCUT2D eigenvalue weighted by molar-refractivity contribution is -0.134. The lowest BCUT2D eigenvalue weighted by atomic mass is 9.76. The van der Waals surface area contributed by atoms with Crippen LogP contribution in [0.25, 0.3) is 0 Å². The Kier molecular flexibility index (Phi) is 4.14. The highest BCUT2D eigenvalue weighted by atomic mass is 19.1. The minimum absolute atomic E-state index is 0.395. The van der Waals surface area contributed by atoms with E-state index in [-0.39, 0.29) is 0 Å². The molecule has 0 radical (unpaired) electrons. The highest BCUT2D eigenvalue weighted by molar-refractivity contribution is 6.10. The number of anilines is 1. The Morgan fingerprint density at radius 2 is 1.89 bits per heavy atom. The van der Waals surface area contributed by atoms with Crippen molar-refractivity contribution in [2.24, 2.45) is 0 Å². The van der Waals surface area contributed by atoms with Gasteiger partial charge in [0.05, 0.1) is 0 Å². The fourth-order valence-corrected chi connectivity index (χ4v) is 3.83. The molecule has 1 heterocycles. The van der Waals surface area contributed by atoms with Gasteiger partial charge in [-0.25, -0.2) is 9.18 Å². The van der Waals surface area contributed by atoms with Crippen molar-refractivity contribution in [2.75, 3.05) is 11.9 Å². The number of rotatable bonds is 3. The van der Waals surface area contributed by atoms with E-state index in [4.69, 9.17) is 0 Å². The summed E-state index contributed by atoms with van der Waals surface area (Å²) in [4.78, 5) is 38.8. The van der Waals surface area contributed by atoms with Gasteiger partial charge in [-0.2, -0.15) is 0 Å². The molecule has 27 heavy (non-hydrogen) atoms. The van der Waals surface area contributed by atoms with Crippen molar-refractivity contribution in [3.63, 3.8) is 0 Å². The summed E-state index contributed by atoms with van der Waals surface area (Å²) in [6, 6.07) is 12.3. The van der Waals surface area contributed by atoms with E-state index in [2.05, 4.69) is 10.6 Å². The number of carbonyl (C=O) groups excluding carboxylic acids is 3. The van der Waals surface area contributed by atoms with Crippen molar-refractivity contribution >= 4 is 23.5 Å². The molecule has 1 atom stereocenters. The van der Waals surface area contributed by atoms with E-state index in [0.717, 1.165) is 28.9 Å². The van der Waals surface area contributed by atoms with Crippen LogP contribution in [0.2, 0.25) is 0 Å². The van der Waals surface area contributed by atoms with Crippen LogP contribution >= 0.6 is 0 Å². The zero-order valence-electron chi connectivity index (χ0n) is 14.5. The SMILES string of the molecule is O=C(CN1C(=O)N[C@@]2(CCCc3ccccc32)C1=O)Nc1ccc(F)cc1. The van der Waals surface area contributed by atoms with Crippen molar-refractivity contribution < 1.29 is 18.8 Å². The van der Waals surface area contributed by atoms with Gasteiger partial charge in [-0.1, -0.05) is 24.3 Å². The van der Waals surface area contributed by atoms with E-state index < -0.39 is 35.7 Å². The summed E-state index contributed by atoms with van der Waals surface area (Å²) in [5, 5.41) is 5.38. The number of nitrogens with one attached hydrogen (secondary N) is 2. The van der Waals surface area contributed by atoms with Crippen LogP contribution in [0.4, 0.5) is 14.9 Å². The minimum atomic E-state index is -1.10. The lowest BCUT2D eigenvalue weighted by Crippen LogP contribution is -2.47. The molecule has 1 saturated heterocycles. The molecule has 2 N–H and O–H groups in total. The third-order valence-electron chi connectivity index (χ3n) is 5.08. The van der Waals surface area contributed by atoms with E-state index in [1.54, 1.807) is 0 Å². The molecule has 1 aliphatic carbocycles. The molecule has 6 nitrogen and oxygen atoms in total. The van der Waals surface area contributed by atoms with Gasteiger partial charge in [-0.3, -0.25) is 14.5 Å². The third kappa shape index (κ3) is 2.95. The van der Waals surface area contributed by atoms with Crippen LogP contribution < -0.4 is 10.6 Å². The normalized spacial score (nSPS) is 21.1. The van der Waals surface area contributed by atoms with Crippen LogP contribution in [0.3, 0.4) is 0 Å². The molecular weight excluding hydrogens is 349 g/mol. The topological polar surface area (TPSA) is 78.5 Å². The summed E-state index contributed by atoms with van der Waals surface area (Å²) in [5.74, 6) is -1.35. The summed E-state index contributed by atoms with van der Waals surface area (Å²) in [5.41, 5.74) is 1.14. The second-order valence-corrected chi connectivity index (χ2v) is 6.79. The largest absolute Gasteiger partial charge is 0.325 e. The number of urea groups is 1. The van der Waals surface area contributed by atoms with E-state index in [1.165, 1.54) is 24.3 Å². The van der Waals surface area contributed by atoms with Crippen LogP contribution in [0, 0.1) is 5.82 Å². The standard InChI is InChI=1S/C20H18FN3O3/c21-14-7-9-15(10-8-14)22-17(25)12-24-18(26)20(23-19(24)27)11-3-5-13-4-1-2-6-16(13)20/h1-2,4,6-10H,3,5,11-12H2,(H,22,25)(H,23,27)/t20-/m1/s1. The third-order valence-corrected chi connectivity index (χ3v) is 5.08. The molecular formula is C20H18FN3O3. The molecule has 0 bridgehead atoms. The first-order chi connectivity index (χ1) is 13.0. The van der Waals surface area contributed by atoms with Gasteiger partial charge in [0.15, 0.2) is 0 Å². The quantitative estimate of drug-likeness (QED) is 0.819. The molecule has 4 amide bonds. The zero-order valence-corrected chi connectivity index (χ0v) is 14.5. The Morgan fingerprint density at radius 1 is 1.15 bits per heavy atom. The second kappa shape index (κ2) is 6.50. The van der Waals surface area contributed by atoms with Crippen molar-refractivity contribution in [3.05, 3.63) is 65.5 Å². The van der Waals surface area contributed by atoms with Gasteiger partial charge in [0.1, 0.15) is 17.9 Å². The molecule has 2 aromatic carbocycles. The van der Waals surface area contributed by atoms with Crippen molar-refractivity contribution in [1.29, 1.82) is 0 Å². The molecule has 1 spiro atoms. The molecule has 0 saturated carbocycles. The molecule has 138 valence electrons. The average Bonchev–Trinajstić information content (AvgIpc) is 2.89. The zero-order chi connectivity index (χ0) is 19.0. The summed E-state index contributed by atoms with van der Waals surface area (Å²) >= 11 is 0. The van der Waals surface area contributed by atoms with Gasteiger partial charge in [0.25, 0.3) is 5.91 Å². The van der Waals surface area contributed by atoms with Gasteiger partial charge >= 0.3 is 6.03 Å². The van der Waals surface area contributed by atoms with Crippen molar-refractivity contribution in [3.8, 4) is 0 Å². The Morgan fingerprint density at radius 3 is 2.67 bits per heavy atom. The van der Waals surface area contributed by atoms with Crippen molar-refractivity contribution in [1.82, 2.24) is 10.2 Å². The maximum absolute atomic E-state index is 13.1. The number of hydrogen-bond acceptors (Lipinski definition) is 3. The van der Waals surface area contributed by atoms with Crippen LogP contribution in [0.5, 0.6) is 0 Å². The first kappa shape index (κ1) is 17.2. The van der Waals surface area contributed by atoms with E-state index in [0.29, 0.717) is 12.1 Å². The fraction of sp³-hybridized carbons (Fsp3) is 0.250. The monoisotopic (exact) mass is 367 g/mol. The van der Waals surface area contributed by atoms with Gasteiger partial charge in [0.2, 0.25) is 5.91 Å². The van der Waals surface area contributed by atoms with Crippen LogP contribution in [0.1, 0.15) is 24.0 Å². The molecule has 7 heteroatoms. The number of aryl methyl sites for hydroxylation is 1. The van der Waals surface area contributed by atoms with E-state index >= 15 is 0 Å². The Labute approximate surface area is 155 Å². The molecule has 2 aromatic rings. The molecule has 1 fully saturated rings. The molecule has 0 aromatic heterocycles.